The monoisotopic (exact) mass is 548 g/mol. The summed E-state index contributed by atoms with van der Waals surface area (Å²) >= 11 is 0. The first kappa shape index (κ1) is 31.5. The molecule has 218 valence electrons. The molecule has 0 spiro atoms. The molecule has 3 rings (SSSR count). The SMILES string of the molecule is CCCCCCCCCCCCOc1ccc(-c2ccc(C(O)CC(O)c3ccc(OC)c(OC)c3)cc2)cc1. The molecule has 0 aliphatic heterocycles. The predicted molar refractivity (Wildman–Crippen MR) is 163 cm³/mol. The van der Waals surface area contributed by atoms with Crippen molar-refractivity contribution in [3.05, 3.63) is 77.9 Å². The van der Waals surface area contributed by atoms with E-state index in [2.05, 4.69) is 19.1 Å². The largest absolute Gasteiger partial charge is 0.494 e. The van der Waals surface area contributed by atoms with Gasteiger partial charge in [0.25, 0.3) is 0 Å². The molecule has 3 aromatic rings. The molecule has 0 heterocycles. The van der Waals surface area contributed by atoms with Gasteiger partial charge in [-0.15, -0.1) is 0 Å². The van der Waals surface area contributed by atoms with Crippen LogP contribution < -0.4 is 14.2 Å². The smallest absolute Gasteiger partial charge is 0.161 e. The molecule has 2 N–H and O–H groups in total. The first-order valence-electron chi connectivity index (χ1n) is 15.0. The molecule has 0 bridgehead atoms. The number of hydrogen-bond donors (Lipinski definition) is 2. The molecule has 0 amide bonds. The second-order valence-corrected chi connectivity index (χ2v) is 10.6. The zero-order valence-electron chi connectivity index (χ0n) is 24.6. The molecule has 5 heteroatoms. The standard InChI is InChI=1S/C35H48O5/c1-4-5-6-7-8-9-10-11-12-13-24-40-31-21-18-28(19-22-31)27-14-16-29(17-15-27)32(36)26-33(37)30-20-23-34(38-2)35(25-30)39-3/h14-23,25,32-33,36-37H,4-13,24,26H2,1-3H3. The molecular formula is C35H48O5. The summed E-state index contributed by atoms with van der Waals surface area (Å²) in [7, 11) is 3.13. The molecule has 40 heavy (non-hydrogen) atoms. The summed E-state index contributed by atoms with van der Waals surface area (Å²) in [6.07, 6.45) is 11.8. The number of aliphatic hydroxyl groups excluding tert-OH is 2. The average Bonchev–Trinajstić information content (AvgIpc) is 2.99. The Morgan fingerprint density at radius 1 is 0.575 bits per heavy atom. The molecule has 2 atom stereocenters. The lowest BCUT2D eigenvalue weighted by Gasteiger charge is -2.18. The van der Waals surface area contributed by atoms with Gasteiger partial charge in [0.1, 0.15) is 5.75 Å². The van der Waals surface area contributed by atoms with Crippen molar-refractivity contribution in [3.63, 3.8) is 0 Å². The molecule has 0 radical (unpaired) electrons. The van der Waals surface area contributed by atoms with Crippen LogP contribution in [-0.4, -0.2) is 31.0 Å². The van der Waals surface area contributed by atoms with Crippen LogP contribution in [0, 0.1) is 0 Å². The summed E-state index contributed by atoms with van der Waals surface area (Å²) in [4.78, 5) is 0. The van der Waals surface area contributed by atoms with Crippen LogP contribution in [0.3, 0.4) is 0 Å². The molecule has 0 aliphatic carbocycles. The van der Waals surface area contributed by atoms with E-state index in [0.717, 1.165) is 35.5 Å². The Bertz CT molecular complexity index is 1090. The van der Waals surface area contributed by atoms with Crippen molar-refractivity contribution in [2.45, 2.75) is 89.8 Å². The van der Waals surface area contributed by atoms with E-state index >= 15 is 0 Å². The number of methoxy groups -OCH3 is 2. The lowest BCUT2D eigenvalue weighted by Crippen LogP contribution is -2.06. The summed E-state index contributed by atoms with van der Waals surface area (Å²) in [5.41, 5.74) is 3.60. The Labute approximate surface area is 241 Å². The number of benzene rings is 3. The Morgan fingerprint density at radius 3 is 1.65 bits per heavy atom. The van der Waals surface area contributed by atoms with E-state index in [9.17, 15) is 10.2 Å². The summed E-state index contributed by atoms with van der Waals surface area (Å²) in [6.45, 7) is 3.03. The Balaban J connectivity index is 1.40. The highest BCUT2D eigenvalue weighted by atomic mass is 16.5. The minimum Gasteiger partial charge on any atom is -0.494 e. The highest BCUT2D eigenvalue weighted by Crippen LogP contribution is 2.34. The maximum atomic E-state index is 10.7. The van der Waals surface area contributed by atoms with Crippen molar-refractivity contribution in [3.8, 4) is 28.4 Å². The van der Waals surface area contributed by atoms with Gasteiger partial charge in [-0.2, -0.15) is 0 Å². The fourth-order valence-electron chi connectivity index (χ4n) is 4.96. The third kappa shape index (κ3) is 10.2. The summed E-state index contributed by atoms with van der Waals surface area (Å²) < 4.78 is 16.5. The van der Waals surface area contributed by atoms with Gasteiger partial charge in [-0.05, 0) is 52.9 Å². The van der Waals surface area contributed by atoms with Gasteiger partial charge in [0.05, 0.1) is 33.0 Å². The van der Waals surface area contributed by atoms with Crippen LogP contribution in [-0.2, 0) is 0 Å². The molecule has 5 nitrogen and oxygen atoms in total. The Kier molecular flexibility index (Phi) is 13.9. The molecule has 0 aliphatic rings. The van der Waals surface area contributed by atoms with E-state index in [4.69, 9.17) is 14.2 Å². The van der Waals surface area contributed by atoms with Crippen LogP contribution in [0.15, 0.2) is 66.7 Å². The topological polar surface area (TPSA) is 68.2 Å². The number of unbranched alkanes of at least 4 members (excludes halogenated alkanes) is 9. The van der Waals surface area contributed by atoms with Gasteiger partial charge in [0.15, 0.2) is 11.5 Å². The van der Waals surface area contributed by atoms with Crippen molar-refractivity contribution >= 4 is 0 Å². The highest BCUT2D eigenvalue weighted by molar-refractivity contribution is 5.64. The molecule has 0 fully saturated rings. The van der Waals surface area contributed by atoms with Gasteiger partial charge < -0.3 is 24.4 Å². The average molecular weight is 549 g/mol. The maximum absolute atomic E-state index is 10.7. The van der Waals surface area contributed by atoms with Gasteiger partial charge in [-0.25, -0.2) is 0 Å². The van der Waals surface area contributed by atoms with E-state index < -0.39 is 12.2 Å². The van der Waals surface area contributed by atoms with E-state index in [0.29, 0.717) is 17.1 Å². The fraction of sp³-hybridized carbons (Fsp3) is 0.486. The molecule has 0 saturated heterocycles. The van der Waals surface area contributed by atoms with Crippen LogP contribution in [0.2, 0.25) is 0 Å². The minimum absolute atomic E-state index is 0.180. The Morgan fingerprint density at radius 2 is 1.07 bits per heavy atom. The molecule has 3 aromatic carbocycles. The lowest BCUT2D eigenvalue weighted by atomic mass is 9.96. The third-order valence-corrected chi connectivity index (χ3v) is 7.49. The van der Waals surface area contributed by atoms with Gasteiger partial charge in [-0.1, -0.05) is 107 Å². The van der Waals surface area contributed by atoms with Crippen molar-refractivity contribution in [1.82, 2.24) is 0 Å². The minimum atomic E-state index is -0.831. The number of hydrogen-bond acceptors (Lipinski definition) is 5. The highest BCUT2D eigenvalue weighted by Gasteiger charge is 2.17. The Hall–Kier alpha value is -3.02. The van der Waals surface area contributed by atoms with Crippen LogP contribution in [0.5, 0.6) is 17.2 Å². The first-order chi connectivity index (χ1) is 19.5. The summed E-state index contributed by atoms with van der Waals surface area (Å²) in [6, 6.07) is 21.3. The normalized spacial score (nSPS) is 12.6. The summed E-state index contributed by atoms with van der Waals surface area (Å²) in [5.74, 6) is 2.05. The zero-order valence-corrected chi connectivity index (χ0v) is 24.6. The van der Waals surface area contributed by atoms with E-state index in [1.165, 1.54) is 57.8 Å². The second kappa shape index (κ2) is 17.6. The van der Waals surface area contributed by atoms with Gasteiger partial charge in [0.2, 0.25) is 0 Å². The maximum Gasteiger partial charge on any atom is 0.161 e. The van der Waals surface area contributed by atoms with Crippen molar-refractivity contribution < 1.29 is 24.4 Å². The van der Waals surface area contributed by atoms with Crippen molar-refractivity contribution in [2.75, 3.05) is 20.8 Å². The van der Waals surface area contributed by atoms with Crippen LogP contribution >= 0.6 is 0 Å². The number of aliphatic hydroxyl groups is 2. The first-order valence-corrected chi connectivity index (χ1v) is 15.0. The zero-order chi connectivity index (χ0) is 28.6. The van der Waals surface area contributed by atoms with Gasteiger partial charge in [-0.3, -0.25) is 0 Å². The van der Waals surface area contributed by atoms with E-state index in [-0.39, 0.29) is 6.42 Å². The molecule has 2 unspecified atom stereocenters. The molecule has 0 saturated carbocycles. The van der Waals surface area contributed by atoms with E-state index in [1.807, 2.05) is 36.4 Å². The summed E-state index contributed by atoms with van der Waals surface area (Å²) in [5, 5.41) is 21.4. The predicted octanol–water partition coefficient (Wildman–Crippen LogP) is 8.83. The quantitative estimate of drug-likeness (QED) is 0.147. The van der Waals surface area contributed by atoms with Gasteiger partial charge in [0, 0.05) is 6.42 Å². The molecular weight excluding hydrogens is 500 g/mol. The number of ether oxygens (including phenoxy) is 3. The van der Waals surface area contributed by atoms with Crippen molar-refractivity contribution in [2.24, 2.45) is 0 Å². The lowest BCUT2D eigenvalue weighted by molar-refractivity contribution is 0.0802. The number of rotatable bonds is 19. The third-order valence-electron chi connectivity index (χ3n) is 7.49. The van der Waals surface area contributed by atoms with Crippen LogP contribution in [0.1, 0.15) is 101 Å². The molecule has 0 aromatic heterocycles. The second-order valence-electron chi connectivity index (χ2n) is 10.6. The van der Waals surface area contributed by atoms with E-state index in [1.54, 1.807) is 32.4 Å². The van der Waals surface area contributed by atoms with Gasteiger partial charge >= 0.3 is 0 Å². The van der Waals surface area contributed by atoms with Crippen molar-refractivity contribution in [1.29, 1.82) is 0 Å². The van der Waals surface area contributed by atoms with Crippen LogP contribution in [0.4, 0.5) is 0 Å². The van der Waals surface area contributed by atoms with Crippen LogP contribution in [0.25, 0.3) is 11.1 Å². The fourth-order valence-corrected chi connectivity index (χ4v) is 4.96.